The number of aromatic amines is 1. The van der Waals surface area contributed by atoms with Gasteiger partial charge in [-0.3, -0.25) is 14.6 Å². The van der Waals surface area contributed by atoms with Gasteiger partial charge in [-0.2, -0.15) is 5.10 Å². The zero-order chi connectivity index (χ0) is 19.6. The number of aromatic hydroxyl groups is 2. The van der Waals surface area contributed by atoms with Crippen LogP contribution < -0.4 is 15.7 Å². The van der Waals surface area contributed by atoms with E-state index in [0.717, 1.165) is 0 Å². The lowest BCUT2D eigenvalue weighted by Crippen LogP contribution is -2.17. The van der Waals surface area contributed by atoms with Crippen molar-refractivity contribution in [3.8, 4) is 17.4 Å². The summed E-state index contributed by atoms with van der Waals surface area (Å²) in [6.45, 7) is 0. The number of phenols is 1. The predicted molar refractivity (Wildman–Crippen MR) is 104 cm³/mol. The van der Waals surface area contributed by atoms with Crippen molar-refractivity contribution in [1.82, 2.24) is 10.4 Å². The van der Waals surface area contributed by atoms with E-state index in [0.29, 0.717) is 15.2 Å². The van der Waals surface area contributed by atoms with Crippen LogP contribution in [0.3, 0.4) is 0 Å². The average molecular weight is 432 g/mol. The van der Waals surface area contributed by atoms with Crippen LogP contribution in [0, 0.1) is 0 Å². The van der Waals surface area contributed by atoms with Gasteiger partial charge in [-0.05, 0) is 36.4 Å². The van der Waals surface area contributed by atoms with Gasteiger partial charge in [-0.15, -0.1) is 0 Å². The van der Waals surface area contributed by atoms with E-state index in [1.807, 2.05) is 0 Å². The maximum atomic E-state index is 12.1. The van der Waals surface area contributed by atoms with Crippen molar-refractivity contribution in [3.05, 3.63) is 62.4 Å². The summed E-state index contributed by atoms with van der Waals surface area (Å²) in [6, 6.07) is 9.13. The topological polar surface area (TPSA) is 124 Å². The number of pyridine rings is 1. The maximum Gasteiger partial charge on any atom is 0.271 e. The molecular weight excluding hydrogens is 418 g/mol. The number of carbonyl (C=O) groups excluding carboxylic acids is 1. The van der Waals surface area contributed by atoms with Crippen LogP contribution in [0.25, 0.3) is 10.8 Å². The van der Waals surface area contributed by atoms with Gasteiger partial charge in [0.25, 0.3) is 11.5 Å². The molecule has 138 valence electrons. The fourth-order valence-electron chi connectivity index (χ4n) is 2.49. The summed E-state index contributed by atoms with van der Waals surface area (Å²) in [4.78, 5) is 26.4. The highest BCUT2D eigenvalue weighted by molar-refractivity contribution is 9.10. The van der Waals surface area contributed by atoms with Gasteiger partial charge in [-0.25, -0.2) is 5.43 Å². The Morgan fingerprint density at radius 2 is 2.00 bits per heavy atom. The highest BCUT2D eigenvalue weighted by Crippen LogP contribution is 2.26. The fourth-order valence-corrected chi connectivity index (χ4v) is 2.85. The third kappa shape index (κ3) is 3.77. The van der Waals surface area contributed by atoms with Gasteiger partial charge in [0.1, 0.15) is 0 Å². The molecule has 0 fully saturated rings. The highest BCUT2D eigenvalue weighted by Gasteiger charge is 2.11. The first-order valence-electron chi connectivity index (χ1n) is 7.65. The van der Waals surface area contributed by atoms with E-state index in [9.17, 15) is 19.8 Å². The van der Waals surface area contributed by atoms with Gasteiger partial charge in [0, 0.05) is 20.8 Å². The molecule has 3 rings (SSSR count). The molecule has 0 atom stereocenters. The van der Waals surface area contributed by atoms with Crippen molar-refractivity contribution in [1.29, 1.82) is 0 Å². The standard InChI is InChI=1S/C18H14BrN3O5/c1-27-15-5-2-9(6-14(15)23)16(24)22-20-8-13-12-7-10(19)3-4-11(12)17(25)21-18(13)26/h2-8,23H,1H3,(H,22,24)(H2,21,25,26). The lowest BCUT2D eigenvalue weighted by molar-refractivity contribution is 0.0954. The first kappa shape index (κ1) is 18.5. The number of benzene rings is 2. The lowest BCUT2D eigenvalue weighted by atomic mass is 10.1. The second-order valence-corrected chi connectivity index (χ2v) is 6.41. The second kappa shape index (κ2) is 7.50. The second-order valence-electron chi connectivity index (χ2n) is 5.49. The quantitative estimate of drug-likeness (QED) is 0.373. The summed E-state index contributed by atoms with van der Waals surface area (Å²) in [5.41, 5.74) is 2.27. The number of aromatic nitrogens is 1. The zero-order valence-electron chi connectivity index (χ0n) is 14.0. The summed E-state index contributed by atoms with van der Waals surface area (Å²) in [5.74, 6) is -0.877. The number of carbonyl (C=O) groups is 1. The number of H-pyrrole nitrogens is 1. The molecule has 1 aromatic heterocycles. The molecule has 1 amide bonds. The van der Waals surface area contributed by atoms with Crippen LogP contribution >= 0.6 is 15.9 Å². The van der Waals surface area contributed by atoms with Gasteiger partial charge < -0.3 is 14.9 Å². The van der Waals surface area contributed by atoms with Gasteiger partial charge in [0.05, 0.1) is 18.9 Å². The number of hydrazone groups is 1. The zero-order valence-corrected chi connectivity index (χ0v) is 15.6. The maximum absolute atomic E-state index is 12.1. The molecule has 3 aromatic rings. The molecule has 0 aliphatic carbocycles. The summed E-state index contributed by atoms with van der Waals surface area (Å²) in [6.07, 6.45) is 1.22. The van der Waals surface area contributed by atoms with E-state index in [1.165, 1.54) is 31.5 Å². The van der Waals surface area contributed by atoms with Crippen molar-refractivity contribution in [3.63, 3.8) is 0 Å². The molecule has 0 saturated carbocycles. The van der Waals surface area contributed by atoms with E-state index in [1.54, 1.807) is 18.2 Å². The Bertz CT molecular complexity index is 1120. The Morgan fingerprint density at radius 1 is 1.22 bits per heavy atom. The Balaban J connectivity index is 1.88. The first-order chi connectivity index (χ1) is 12.9. The number of hydrogen-bond donors (Lipinski definition) is 4. The Morgan fingerprint density at radius 3 is 2.70 bits per heavy atom. The van der Waals surface area contributed by atoms with E-state index in [-0.39, 0.29) is 28.5 Å². The van der Waals surface area contributed by atoms with Gasteiger partial charge in [-0.1, -0.05) is 15.9 Å². The fraction of sp³-hybridized carbons (Fsp3) is 0.0556. The number of methoxy groups -OCH3 is 1. The number of nitrogens with zero attached hydrogens (tertiary/aromatic N) is 1. The molecule has 27 heavy (non-hydrogen) atoms. The number of halogens is 1. The normalized spacial score (nSPS) is 11.0. The molecule has 9 heteroatoms. The Hall–Kier alpha value is -3.33. The van der Waals surface area contributed by atoms with E-state index in [4.69, 9.17) is 4.74 Å². The molecule has 0 saturated heterocycles. The largest absolute Gasteiger partial charge is 0.504 e. The number of hydrogen-bond acceptors (Lipinski definition) is 6. The summed E-state index contributed by atoms with van der Waals surface area (Å²) >= 11 is 3.31. The Labute approximate surface area is 161 Å². The molecule has 0 aliphatic rings. The smallest absolute Gasteiger partial charge is 0.271 e. The number of amides is 1. The molecule has 0 spiro atoms. The third-order valence-electron chi connectivity index (χ3n) is 3.80. The van der Waals surface area contributed by atoms with E-state index < -0.39 is 11.5 Å². The molecule has 0 unspecified atom stereocenters. The number of phenolic OH excluding ortho intramolecular Hbond substituents is 1. The van der Waals surface area contributed by atoms with E-state index >= 15 is 0 Å². The Kier molecular flexibility index (Phi) is 5.13. The molecular formula is C18H14BrN3O5. The minimum Gasteiger partial charge on any atom is -0.504 e. The molecule has 1 heterocycles. The van der Waals surface area contributed by atoms with Crippen LogP contribution in [-0.2, 0) is 0 Å². The predicted octanol–water partition coefficient (Wildman–Crippen LogP) is 2.47. The van der Waals surface area contributed by atoms with Crippen molar-refractivity contribution < 1.29 is 19.7 Å². The monoisotopic (exact) mass is 431 g/mol. The number of fused-ring (bicyclic) bond motifs is 1. The minimum absolute atomic E-state index is 0.170. The van der Waals surface area contributed by atoms with Gasteiger partial charge >= 0.3 is 0 Å². The third-order valence-corrected chi connectivity index (χ3v) is 4.30. The van der Waals surface area contributed by atoms with Crippen LogP contribution in [0.2, 0.25) is 0 Å². The highest BCUT2D eigenvalue weighted by atomic mass is 79.9. The van der Waals surface area contributed by atoms with Crippen LogP contribution in [-0.4, -0.2) is 34.4 Å². The molecule has 0 radical (unpaired) electrons. The minimum atomic E-state index is -0.571. The number of rotatable bonds is 4. The van der Waals surface area contributed by atoms with E-state index in [2.05, 4.69) is 31.4 Å². The molecule has 0 bridgehead atoms. The number of ether oxygens (including phenoxy) is 1. The molecule has 8 nitrogen and oxygen atoms in total. The number of nitrogens with one attached hydrogen (secondary N) is 2. The summed E-state index contributed by atoms with van der Waals surface area (Å²) < 4.78 is 5.64. The first-order valence-corrected chi connectivity index (χ1v) is 8.45. The summed E-state index contributed by atoms with van der Waals surface area (Å²) in [7, 11) is 1.40. The van der Waals surface area contributed by atoms with Crippen LogP contribution in [0.4, 0.5) is 0 Å². The lowest BCUT2D eigenvalue weighted by Gasteiger charge is -2.06. The van der Waals surface area contributed by atoms with Crippen molar-refractivity contribution in [2.75, 3.05) is 7.11 Å². The van der Waals surface area contributed by atoms with Crippen molar-refractivity contribution in [2.45, 2.75) is 0 Å². The van der Waals surface area contributed by atoms with Crippen LogP contribution in [0.15, 0.2) is 50.8 Å². The molecule has 0 aliphatic heterocycles. The van der Waals surface area contributed by atoms with Crippen molar-refractivity contribution >= 4 is 38.8 Å². The molecule has 2 aromatic carbocycles. The summed E-state index contributed by atoms with van der Waals surface area (Å²) in [5, 5.41) is 24.4. The average Bonchev–Trinajstić information content (AvgIpc) is 2.63. The van der Waals surface area contributed by atoms with Gasteiger partial charge in [0.15, 0.2) is 11.5 Å². The van der Waals surface area contributed by atoms with Crippen LogP contribution in [0.5, 0.6) is 17.4 Å². The van der Waals surface area contributed by atoms with Gasteiger partial charge in [0.2, 0.25) is 5.88 Å². The molecule has 4 N–H and O–H groups in total. The van der Waals surface area contributed by atoms with Crippen molar-refractivity contribution in [2.24, 2.45) is 5.10 Å². The van der Waals surface area contributed by atoms with Crippen LogP contribution in [0.1, 0.15) is 15.9 Å². The SMILES string of the molecule is COc1ccc(C(=O)NN=Cc2c(O)[nH]c(=O)c3ccc(Br)cc23)cc1O.